The van der Waals surface area contributed by atoms with Crippen LogP contribution in [0.5, 0.6) is 0 Å². The molecule has 0 radical (unpaired) electrons. The highest BCUT2D eigenvalue weighted by Gasteiger charge is 2.04. The lowest BCUT2D eigenvalue weighted by Gasteiger charge is -2.23. The number of unbranched alkanes of at least 4 members (excludes halogenated alkanes) is 8. The lowest BCUT2D eigenvalue weighted by molar-refractivity contribution is -0.870. The highest BCUT2D eigenvalue weighted by atomic mass is 16.4. The predicted octanol–water partition coefficient (Wildman–Crippen LogP) is 3.68. The van der Waals surface area contributed by atoms with E-state index in [1.165, 1.54) is 51.5 Å². The van der Waals surface area contributed by atoms with E-state index in [9.17, 15) is 4.79 Å². The van der Waals surface area contributed by atoms with Crippen molar-refractivity contribution in [2.75, 3.05) is 27.7 Å². The molecule has 0 atom stereocenters. The van der Waals surface area contributed by atoms with E-state index in [1.54, 1.807) is 0 Å². The number of carboxylic acids is 1. The number of carbonyl (C=O) groups is 1. The fraction of sp³-hybridized carbons (Fsp3) is 0.933. The second-order valence-electron chi connectivity index (χ2n) is 6.34. The van der Waals surface area contributed by atoms with Crippen LogP contribution < -0.4 is 0 Å². The summed E-state index contributed by atoms with van der Waals surface area (Å²) < 4.78 is 1.07. The largest absolute Gasteiger partial charge is 0.481 e. The molecule has 3 heteroatoms. The summed E-state index contributed by atoms with van der Waals surface area (Å²) in [6.07, 6.45) is 11.4. The lowest BCUT2D eigenvalue weighted by Crippen LogP contribution is -2.35. The van der Waals surface area contributed by atoms with E-state index in [1.807, 2.05) is 0 Å². The van der Waals surface area contributed by atoms with Crippen LogP contribution in [0.25, 0.3) is 0 Å². The van der Waals surface area contributed by atoms with Crippen molar-refractivity contribution in [1.29, 1.82) is 0 Å². The molecule has 18 heavy (non-hydrogen) atoms. The molecule has 3 nitrogen and oxygen atoms in total. The van der Waals surface area contributed by atoms with Crippen LogP contribution in [0.4, 0.5) is 0 Å². The zero-order valence-electron chi connectivity index (χ0n) is 12.6. The minimum absolute atomic E-state index is 0.338. The van der Waals surface area contributed by atoms with E-state index >= 15 is 0 Å². The summed E-state index contributed by atoms with van der Waals surface area (Å²) in [5.41, 5.74) is 0. The van der Waals surface area contributed by atoms with Gasteiger partial charge >= 0.3 is 5.97 Å². The summed E-state index contributed by atoms with van der Waals surface area (Å²) in [4.78, 5) is 10.3. The molecule has 1 N–H and O–H groups in total. The van der Waals surface area contributed by atoms with Crippen molar-refractivity contribution in [3.63, 3.8) is 0 Å². The third kappa shape index (κ3) is 15.4. The fourth-order valence-corrected chi connectivity index (χ4v) is 2.10. The van der Waals surface area contributed by atoms with Gasteiger partial charge in [0, 0.05) is 6.42 Å². The zero-order valence-corrected chi connectivity index (χ0v) is 12.6. The lowest BCUT2D eigenvalue weighted by atomic mass is 10.1. The Kier molecular flexibility index (Phi) is 10.0. The molecule has 108 valence electrons. The number of nitrogens with zero attached hydrogens (tertiary/aromatic N) is 1. The second-order valence-corrected chi connectivity index (χ2v) is 6.34. The monoisotopic (exact) mass is 258 g/mol. The first-order valence-corrected chi connectivity index (χ1v) is 7.44. The molecule has 0 rings (SSSR count). The van der Waals surface area contributed by atoms with Crippen LogP contribution in [-0.4, -0.2) is 43.2 Å². The molecule has 0 aliphatic rings. The maximum Gasteiger partial charge on any atom is 0.303 e. The number of quaternary nitrogens is 1. The molecule has 0 aliphatic heterocycles. The number of aliphatic carboxylic acids is 1. The summed E-state index contributed by atoms with van der Waals surface area (Å²) in [5.74, 6) is -0.660. The van der Waals surface area contributed by atoms with Gasteiger partial charge in [0.2, 0.25) is 0 Å². The van der Waals surface area contributed by atoms with Crippen LogP contribution in [0.15, 0.2) is 0 Å². The van der Waals surface area contributed by atoms with Gasteiger partial charge in [0.15, 0.2) is 0 Å². The van der Waals surface area contributed by atoms with Crippen molar-refractivity contribution in [3.05, 3.63) is 0 Å². The highest BCUT2D eigenvalue weighted by molar-refractivity contribution is 5.66. The average molecular weight is 258 g/mol. The molecule has 0 spiro atoms. The van der Waals surface area contributed by atoms with E-state index in [0.29, 0.717) is 6.42 Å². The third-order valence-corrected chi connectivity index (χ3v) is 3.22. The van der Waals surface area contributed by atoms with Gasteiger partial charge in [-0.3, -0.25) is 4.79 Å². The van der Waals surface area contributed by atoms with Gasteiger partial charge in [0.05, 0.1) is 27.7 Å². The molecule has 0 fully saturated rings. The summed E-state index contributed by atoms with van der Waals surface area (Å²) in [6.45, 7) is 1.27. The first-order valence-electron chi connectivity index (χ1n) is 7.44. The number of carboxylic acid groups (broad SMARTS) is 1. The summed E-state index contributed by atoms with van der Waals surface area (Å²) >= 11 is 0. The van der Waals surface area contributed by atoms with Crippen molar-refractivity contribution in [2.24, 2.45) is 0 Å². The van der Waals surface area contributed by atoms with Crippen LogP contribution in [0.2, 0.25) is 0 Å². The van der Waals surface area contributed by atoms with Crippen LogP contribution in [-0.2, 0) is 4.79 Å². The zero-order chi connectivity index (χ0) is 13.9. The number of hydrogen-bond acceptors (Lipinski definition) is 1. The predicted molar refractivity (Wildman–Crippen MR) is 76.7 cm³/mol. The van der Waals surface area contributed by atoms with Crippen molar-refractivity contribution in [1.82, 2.24) is 0 Å². The third-order valence-electron chi connectivity index (χ3n) is 3.22. The Morgan fingerprint density at radius 3 is 1.56 bits per heavy atom. The number of hydrogen-bond donors (Lipinski definition) is 1. The quantitative estimate of drug-likeness (QED) is 0.428. The molecule has 0 unspecified atom stereocenters. The molecule has 0 amide bonds. The van der Waals surface area contributed by atoms with Crippen LogP contribution in [0.1, 0.15) is 64.2 Å². The molecule has 0 aromatic carbocycles. The Morgan fingerprint density at radius 2 is 1.17 bits per heavy atom. The van der Waals surface area contributed by atoms with Gasteiger partial charge in [-0.1, -0.05) is 38.5 Å². The Labute approximate surface area is 113 Å². The van der Waals surface area contributed by atoms with E-state index in [0.717, 1.165) is 17.3 Å². The van der Waals surface area contributed by atoms with Gasteiger partial charge in [0.1, 0.15) is 0 Å². The maximum absolute atomic E-state index is 10.3. The highest BCUT2D eigenvalue weighted by Crippen LogP contribution is 2.11. The Bertz CT molecular complexity index is 209. The van der Waals surface area contributed by atoms with Crippen molar-refractivity contribution in [3.8, 4) is 0 Å². The molecular formula is C15H32NO2+. The molecule has 0 heterocycles. The Hall–Kier alpha value is -0.570. The molecular weight excluding hydrogens is 226 g/mol. The van der Waals surface area contributed by atoms with Gasteiger partial charge in [-0.15, -0.1) is 0 Å². The first-order chi connectivity index (χ1) is 8.42. The van der Waals surface area contributed by atoms with E-state index < -0.39 is 5.97 Å². The minimum atomic E-state index is -0.660. The van der Waals surface area contributed by atoms with Gasteiger partial charge < -0.3 is 9.59 Å². The van der Waals surface area contributed by atoms with Crippen molar-refractivity contribution >= 4 is 5.97 Å². The van der Waals surface area contributed by atoms with E-state index in [2.05, 4.69) is 21.1 Å². The minimum Gasteiger partial charge on any atom is -0.481 e. The smallest absolute Gasteiger partial charge is 0.303 e. The van der Waals surface area contributed by atoms with Crippen LogP contribution in [0, 0.1) is 0 Å². The van der Waals surface area contributed by atoms with Gasteiger partial charge in [-0.05, 0) is 19.3 Å². The molecule has 0 bridgehead atoms. The van der Waals surface area contributed by atoms with E-state index in [-0.39, 0.29) is 0 Å². The maximum atomic E-state index is 10.3. The first kappa shape index (κ1) is 17.4. The topological polar surface area (TPSA) is 37.3 Å². The van der Waals surface area contributed by atoms with Gasteiger partial charge in [-0.2, -0.15) is 0 Å². The summed E-state index contributed by atoms with van der Waals surface area (Å²) in [6, 6.07) is 0. The molecule has 0 saturated heterocycles. The summed E-state index contributed by atoms with van der Waals surface area (Å²) in [7, 11) is 6.74. The molecule has 0 aliphatic carbocycles. The molecule has 0 aromatic heterocycles. The van der Waals surface area contributed by atoms with Crippen molar-refractivity contribution in [2.45, 2.75) is 64.2 Å². The van der Waals surface area contributed by atoms with E-state index in [4.69, 9.17) is 5.11 Å². The summed E-state index contributed by atoms with van der Waals surface area (Å²) in [5, 5.41) is 8.49. The van der Waals surface area contributed by atoms with Gasteiger partial charge in [-0.25, -0.2) is 0 Å². The van der Waals surface area contributed by atoms with Crippen LogP contribution >= 0.6 is 0 Å². The van der Waals surface area contributed by atoms with Crippen molar-refractivity contribution < 1.29 is 14.4 Å². The molecule has 0 aromatic rings. The van der Waals surface area contributed by atoms with Crippen LogP contribution in [0.3, 0.4) is 0 Å². The Balaban J connectivity index is 3.06. The normalized spacial score (nSPS) is 11.7. The average Bonchev–Trinajstić information content (AvgIpc) is 2.24. The number of rotatable bonds is 12. The SMILES string of the molecule is C[N+](C)(C)CCCCCCCCCCCC(=O)O. The second kappa shape index (κ2) is 10.4. The standard InChI is InChI=1S/C15H31NO2/c1-16(2,3)14-12-10-8-6-4-5-7-9-11-13-15(17)18/h4-14H2,1-3H3/p+1. The van der Waals surface area contributed by atoms with Gasteiger partial charge in [0.25, 0.3) is 0 Å². The fourth-order valence-electron chi connectivity index (χ4n) is 2.10. The molecule has 0 saturated carbocycles. The Morgan fingerprint density at radius 1 is 0.778 bits per heavy atom.